The number of carbonyl (C=O) groups excluding carboxylic acids is 2. The lowest BCUT2D eigenvalue weighted by Gasteiger charge is -2.22. The first-order valence-electron chi connectivity index (χ1n) is 37.9. The second-order valence-electron chi connectivity index (χ2n) is 26.3. The Hall–Kier alpha value is -1.40. The third-order valence-electron chi connectivity index (χ3n) is 18.1. The van der Waals surface area contributed by atoms with E-state index in [1.165, 1.54) is 366 Å². The van der Waals surface area contributed by atoms with Crippen molar-refractivity contribution in [3.05, 3.63) is 12.2 Å². The molecule has 0 rings (SSSR count). The van der Waals surface area contributed by atoms with Gasteiger partial charge in [-0.3, -0.25) is 9.59 Å². The molecule has 2 atom stereocenters. The summed E-state index contributed by atoms with van der Waals surface area (Å²) in [5.41, 5.74) is 0. The zero-order valence-electron chi connectivity index (χ0n) is 56.0. The summed E-state index contributed by atoms with van der Waals surface area (Å²) in [7, 11) is 0. The number of ether oxygens (including phenoxy) is 1. The molecule has 0 saturated heterocycles. The molecule has 0 aliphatic heterocycles. The fourth-order valence-electron chi connectivity index (χ4n) is 12.3. The van der Waals surface area contributed by atoms with Crippen LogP contribution in [0.4, 0.5) is 0 Å². The van der Waals surface area contributed by atoms with E-state index in [9.17, 15) is 19.8 Å². The Morgan fingerprint density at radius 3 is 0.866 bits per heavy atom. The Morgan fingerprint density at radius 2 is 0.573 bits per heavy atom. The van der Waals surface area contributed by atoms with E-state index in [0.717, 1.165) is 38.5 Å². The number of amides is 1. The Labute approximate surface area is 514 Å². The van der Waals surface area contributed by atoms with Crippen molar-refractivity contribution in [1.29, 1.82) is 0 Å². The molecule has 0 spiro atoms. The monoisotopic (exact) mass is 1160 g/mol. The summed E-state index contributed by atoms with van der Waals surface area (Å²) in [6.07, 6.45) is 90.1. The summed E-state index contributed by atoms with van der Waals surface area (Å²) in [6.45, 7) is 5.00. The Balaban J connectivity index is 3.31. The molecular formula is C76H149NO5. The summed E-state index contributed by atoms with van der Waals surface area (Å²) in [5, 5.41) is 23.3. The highest BCUT2D eigenvalue weighted by Crippen LogP contribution is 2.20. The van der Waals surface area contributed by atoms with Gasteiger partial charge >= 0.3 is 5.97 Å². The van der Waals surface area contributed by atoms with Gasteiger partial charge < -0.3 is 20.3 Å². The molecular weight excluding hydrogens is 1010 g/mol. The first kappa shape index (κ1) is 80.6. The SMILES string of the molecule is CCCCCCCCCCCCCCCCC(=O)OCCCCCCCCCCCCCCCCCC/C=C\CCCCCCCCCCCCCCCCCCCC(=O)NC(CO)C(O)CCCCCCCCCCCCCCCC. The van der Waals surface area contributed by atoms with E-state index >= 15 is 0 Å². The van der Waals surface area contributed by atoms with Gasteiger partial charge in [-0.1, -0.05) is 386 Å². The van der Waals surface area contributed by atoms with E-state index in [4.69, 9.17) is 4.74 Å². The summed E-state index contributed by atoms with van der Waals surface area (Å²) in [5.74, 6) is -0.00303. The molecule has 1 amide bonds. The molecule has 0 aromatic heterocycles. The van der Waals surface area contributed by atoms with Gasteiger partial charge in [-0.2, -0.15) is 0 Å². The Morgan fingerprint density at radius 1 is 0.329 bits per heavy atom. The van der Waals surface area contributed by atoms with Crippen LogP contribution in [0.5, 0.6) is 0 Å². The van der Waals surface area contributed by atoms with Crippen LogP contribution in [-0.4, -0.2) is 47.4 Å². The van der Waals surface area contributed by atoms with Gasteiger partial charge in [0.25, 0.3) is 0 Å². The van der Waals surface area contributed by atoms with Crippen LogP contribution in [0.2, 0.25) is 0 Å². The largest absolute Gasteiger partial charge is 0.466 e. The van der Waals surface area contributed by atoms with Crippen LogP contribution in [0.1, 0.15) is 438 Å². The minimum Gasteiger partial charge on any atom is -0.466 e. The van der Waals surface area contributed by atoms with Gasteiger partial charge in [0.2, 0.25) is 5.91 Å². The standard InChI is InChI=1S/C76H149NO5/c1-3-5-7-9-11-13-15-17-44-48-52-56-60-64-68-74(79)73(72-78)77-75(80)69-65-61-57-53-49-45-42-40-38-36-34-32-30-28-26-24-22-20-19-21-23-25-27-29-31-33-35-37-39-41-43-47-51-55-59-63-67-71-82-76(81)70-66-62-58-54-50-46-18-16-14-12-10-8-6-4-2/h19,21,73-74,78-79H,3-18,20,22-72H2,1-2H3,(H,77,80)/b21-19-. The highest BCUT2D eigenvalue weighted by atomic mass is 16.5. The second kappa shape index (κ2) is 72.1. The molecule has 0 aromatic rings. The van der Waals surface area contributed by atoms with Crippen LogP contribution < -0.4 is 5.32 Å². The number of esters is 1. The van der Waals surface area contributed by atoms with Crippen LogP contribution in [-0.2, 0) is 14.3 Å². The molecule has 0 aliphatic carbocycles. The molecule has 0 aliphatic rings. The van der Waals surface area contributed by atoms with E-state index in [1.54, 1.807) is 0 Å². The summed E-state index contributed by atoms with van der Waals surface area (Å²) < 4.78 is 5.50. The number of unbranched alkanes of at least 4 members (excludes halogenated alkanes) is 59. The van der Waals surface area contributed by atoms with Gasteiger partial charge in [-0.05, 0) is 51.4 Å². The van der Waals surface area contributed by atoms with E-state index in [0.29, 0.717) is 25.9 Å². The number of allylic oxidation sites excluding steroid dienone is 2. The number of carbonyl (C=O) groups is 2. The van der Waals surface area contributed by atoms with E-state index in [2.05, 4.69) is 31.3 Å². The fourth-order valence-corrected chi connectivity index (χ4v) is 12.3. The predicted octanol–water partition coefficient (Wildman–Crippen LogP) is 24.7. The maximum Gasteiger partial charge on any atom is 0.305 e. The average Bonchev–Trinajstić information content (AvgIpc) is 3.48. The predicted molar refractivity (Wildman–Crippen MR) is 361 cm³/mol. The smallest absolute Gasteiger partial charge is 0.305 e. The van der Waals surface area contributed by atoms with Crippen LogP contribution >= 0.6 is 0 Å². The fraction of sp³-hybridized carbons (Fsp3) is 0.947. The van der Waals surface area contributed by atoms with Crippen LogP contribution in [0.3, 0.4) is 0 Å². The number of nitrogens with one attached hydrogen (secondary N) is 1. The minimum atomic E-state index is -0.660. The van der Waals surface area contributed by atoms with Gasteiger partial charge in [0, 0.05) is 12.8 Å². The third kappa shape index (κ3) is 67.7. The van der Waals surface area contributed by atoms with Gasteiger partial charge in [0.05, 0.1) is 25.4 Å². The van der Waals surface area contributed by atoms with Gasteiger partial charge in [-0.25, -0.2) is 0 Å². The molecule has 6 heteroatoms. The quantitative estimate of drug-likeness (QED) is 0.0320. The molecule has 0 aromatic carbocycles. The van der Waals surface area contributed by atoms with E-state index in [-0.39, 0.29) is 18.5 Å². The zero-order valence-corrected chi connectivity index (χ0v) is 56.0. The van der Waals surface area contributed by atoms with Crippen molar-refractivity contribution in [2.24, 2.45) is 0 Å². The summed E-state index contributed by atoms with van der Waals surface area (Å²) in [4.78, 5) is 24.6. The topological polar surface area (TPSA) is 95.9 Å². The lowest BCUT2D eigenvalue weighted by atomic mass is 10.0. The lowest BCUT2D eigenvalue weighted by Crippen LogP contribution is -2.45. The Bertz CT molecular complexity index is 1240. The number of rotatable bonds is 72. The van der Waals surface area contributed by atoms with E-state index in [1.807, 2.05) is 0 Å². The van der Waals surface area contributed by atoms with Crippen molar-refractivity contribution >= 4 is 11.9 Å². The molecule has 2 unspecified atom stereocenters. The van der Waals surface area contributed by atoms with Crippen molar-refractivity contribution in [2.45, 2.75) is 450 Å². The normalized spacial score (nSPS) is 12.5. The number of aliphatic hydroxyl groups excluding tert-OH is 2. The lowest BCUT2D eigenvalue weighted by molar-refractivity contribution is -0.143. The van der Waals surface area contributed by atoms with Crippen molar-refractivity contribution in [3.8, 4) is 0 Å². The third-order valence-corrected chi connectivity index (χ3v) is 18.1. The summed E-state index contributed by atoms with van der Waals surface area (Å²) in [6, 6.07) is -0.537. The minimum absolute atomic E-state index is 0.0247. The average molecular weight is 1160 g/mol. The van der Waals surface area contributed by atoms with Gasteiger partial charge in [-0.15, -0.1) is 0 Å². The maximum absolute atomic E-state index is 12.5. The number of aliphatic hydroxyl groups is 2. The first-order valence-corrected chi connectivity index (χ1v) is 37.9. The van der Waals surface area contributed by atoms with Crippen molar-refractivity contribution < 1.29 is 24.5 Å². The molecule has 488 valence electrons. The van der Waals surface area contributed by atoms with Crippen molar-refractivity contribution in [1.82, 2.24) is 5.32 Å². The van der Waals surface area contributed by atoms with Crippen LogP contribution in [0.25, 0.3) is 0 Å². The maximum atomic E-state index is 12.5. The molecule has 82 heavy (non-hydrogen) atoms. The van der Waals surface area contributed by atoms with Gasteiger partial charge in [0.1, 0.15) is 0 Å². The highest BCUT2D eigenvalue weighted by molar-refractivity contribution is 5.76. The van der Waals surface area contributed by atoms with Crippen molar-refractivity contribution in [2.75, 3.05) is 13.2 Å². The summed E-state index contributed by atoms with van der Waals surface area (Å²) >= 11 is 0. The molecule has 6 nitrogen and oxygen atoms in total. The molecule has 0 fully saturated rings. The van der Waals surface area contributed by atoms with Crippen molar-refractivity contribution in [3.63, 3.8) is 0 Å². The number of hydrogen-bond donors (Lipinski definition) is 3. The first-order chi connectivity index (χ1) is 40.5. The molecule has 0 bridgehead atoms. The molecule has 0 saturated carbocycles. The zero-order chi connectivity index (χ0) is 59.2. The second-order valence-corrected chi connectivity index (χ2v) is 26.3. The van der Waals surface area contributed by atoms with Crippen LogP contribution in [0.15, 0.2) is 12.2 Å². The van der Waals surface area contributed by atoms with Crippen LogP contribution in [0, 0.1) is 0 Å². The molecule has 0 heterocycles. The number of hydrogen-bond acceptors (Lipinski definition) is 5. The molecule has 0 radical (unpaired) electrons. The van der Waals surface area contributed by atoms with E-state index < -0.39 is 12.1 Å². The highest BCUT2D eigenvalue weighted by Gasteiger charge is 2.20. The van der Waals surface area contributed by atoms with Gasteiger partial charge in [0.15, 0.2) is 0 Å². The molecule has 3 N–H and O–H groups in total. The Kier molecular flexibility index (Phi) is 70.8.